The van der Waals surface area contributed by atoms with Crippen LogP contribution in [0, 0.1) is 6.92 Å². The summed E-state index contributed by atoms with van der Waals surface area (Å²) in [4.78, 5) is 38.0. The summed E-state index contributed by atoms with van der Waals surface area (Å²) < 4.78 is 7.37. The number of anilines is 1. The molecule has 5 aromatic rings. The lowest BCUT2D eigenvalue weighted by Gasteiger charge is -2.22. The predicted octanol–water partition coefficient (Wildman–Crippen LogP) is 5.49. The fourth-order valence-corrected chi connectivity index (χ4v) is 4.45. The highest BCUT2D eigenvalue weighted by Gasteiger charge is 2.20. The van der Waals surface area contributed by atoms with Crippen molar-refractivity contribution in [3.05, 3.63) is 82.5 Å². The van der Waals surface area contributed by atoms with E-state index in [-0.39, 0.29) is 17.6 Å². The van der Waals surface area contributed by atoms with Crippen molar-refractivity contribution >= 4 is 28.3 Å². The van der Waals surface area contributed by atoms with E-state index >= 15 is 0 Å². The van der Waals surface area contributed by atoms with Crippen molar-refractivity contribution in [3.8, 4) is 22.4 Å². The van der Waals surface area contributed by atoms with Crippen LogP contribution < -0.4 is 10.7 Å². The summed E-state index contributed by atoms with van der Waals surface area (Å²) in [5, 5.41) is 4.03. The second kappa shape index (κ2) is 9.20. The summed E-state index contributed by atoms with van der Waals surface area (Å²) in [6.45, 7) is 9.52. The first-order valence-electron chi connectivity index (χ1n) is 12.1. The minimum atomic E-state index is -0.406. The van der Waals surface area contributed by atoms with Crippen LogP contribution in [0.1, 0.15) is 38.8 Å². The number of nitrogens with one attached hydrogen (secondary N) is 2. The Morgan fingerprint density at radius 2 is 1.92 bits per heavy atom. The first kappa shape index (κ1) is 24.2. The van der Waals surface area contributed by atoms with Crippen molar-refractivity contribution in [2.24, 2.45) is 0 Å². The number of aryl methyl sites for hydroxylation is 1. The summed E-state index contributed by atoms with van der Waals surface area (Å²) in [6.07, 6.45) is 7.20. The molecule has 0 aliphatic carbocycles. The van der Waals surface area contributed by atoms with Gasteiger partial charge in [-0.2, -0.15) is 0 Å². The Morgan fingerprint density at radius 1 is 1.14 bits per heavy atom. The molecule has 8 nitrogen and oxygen atoms in total. The molecule has 188 valence electrons. The number of benzene rings is 2. The fraction of sp³-hybridized carbons (Fsp3) is 0.241. The van der Waals surface area contributed by atoms with Gasteiger partial charge >= 0.3 is 5.97 Å². The molecule has 5 rings (SSSR count). The van der Waals surface area contributed by atoms with Crippen LogP contribution in [0.2, 0.25) is 0 Å². The average Bonchev–Trinajstić information content (AvgIpc) is 3.31. The zero-order chi connectivity index (χ0) is 26.3. The molecule has 0 saturated heterocycles. The van der Waals surface area contributed by atoms with E-state index in [0.29, 0.717) is 39.2 Å². The van der Waals surface area contributed by atoms with Gasteiger partial charge in [-0.05, 0) is 51.0 Å². The number of carbonyl (C=O) groups is 1. The number of fused-ring (bicyclic) bond motifs is 2. The Morgan fingerprint density at radius 3 is 2.68 bits per heavy atom. The van der Waals surface area contributed by atoms with Gasteiger partial charge in [-0.1, -0.05) is 24.3 Å². The maximum absolute atomic E-state index is 13.6. The molecule has 0 aliphatic rings. The van der Waals surface area contributed by atoms with Crippen molar-refractivity contribution in [1.29, 1.82) is 0 Å². The van der Waals surface area contributed by atoms with Crippen LogP contribution in [-0.2, 0) is 16.1 Å². The van der Waals surface area contributed by atoms with Gasteiger partial charge in [0.25, 0.3) is 0 Å². The summed E-state index contributed by atoms with van der Waals surface area (Å²) in [5.41, 5.74) is 5.51. The third-order valence-corrected chi connectivity index (χ3v) is 6.07. The highest BCUT2D eigenvalue weighted by atomic mass is 16.5. The van der Waals surface area contributed by atoms with Crippen molar-refractivity contribution in [2.45, 2.75) is 46.8 Å². The van der Waals surface area contributed by atoms with Gasteiger partial charge in [0.2, 0.25) is 0 Å². The van der Waals surface area contributed by atoms with E-state index in [0.717, 1.165) is 16.6 Å². The van der Waals surface area contributed by atoms with Gasteiger partial charge in [0, 0.05) is 64.8 Å². The third-order valence-electron chi connectivity index (χ3n) is 6.07. The molecule has 3 aromatic heterocycles. The van der Waals surface area contributed by atoms with Crippen molar-refractivity contribution in [2.75, 3.05) is 5.32 Å². The molecule has 2 N–H and O–H groups in total. The SMILES string of the molecule is CC(=O)OCc1c(-c2cn3ccnc3c(NC(C)(C)C)n2)cccc1-c1c[nH]c2cc(C)ccc2c1=O. The van der Waals surface area contributed by atoms with E-state index in [1.54, 1.807) is 12.4 Å². The molecule has 0 spiro atoms. The topological polar surface area (TPSA) is 101 Å². The third kappa shape index (κ3) is 4.82. The zero-order valence-electron chi connectivity index (χ0n) is 21.5. The number of imidazole rings is 1. The number of pyridine rings is 1. The first-order valence-corrected chi connectivity index (χ1v) is 12.1. The number of H-pyrrole nitrogens is 1. The first-order chi connectivity index (χ1) is 17.6. The second-order valence-electron chi connectivity index (χ2n) is 10.2. The number of nitrogens with zero attached hydrogens (tertiary/aromatic N) is 3. The van der Waals surface area contributed by atoms with E-state index in [2.05, 4.69) is 36.1 Å². The maximum Gasteiger partial charge on any atom is 0.302 e. The van der Waals surface area contributed by atoms with E-state index in [4.69, 9.17) is 9.72 Å². The molecule has 8 heteroatoms. The number of ether oxygens (including phenoxy) is 1. The Kier molecular flexibility index (Phi) is 6.03. The molecule has 0 unspecified atom stereocenters. The Labute approximate surface area is 214 Å². The molecule has 0 aliphatic heterocycles. The molecule has 3 heterocycles. The standard InChI is InChI=1S/C29H29N5O3/c1-17-9-10-21-24(13-17)31-14-22(26(21)36)19-7-6-8-20(23(19)16-37-18(2)35)25-15-34-12-11-30-28(34)27(32-25)33-29(3,4)5/h6-15H,16H2,1-5H3,(H,31,36)(H,32,33). The molecule has 37 heavy (non-hydrogen) atoms. The quantitative estimate of drug-likeness (QED) is 0.313. The molecule has 0 amide bonds. The van der Waals surface area contributed by atoms with Gasteiger partial charge in [0.1, 0.15) is 6.61 Å². The minimum absolute atomic E-state index is 0.00209. The monoisotopic (exact) mass is 495 g/mol. The number of esters is 1. The molecular formula is C29H29N5O3. The minimum Gasteiger partial charge on any atom is -0.461 e. The van der Waals surface area contributed by atoms with E-state index in [1.807, 2.05) is 60.1 Å². The van der Waals surface area contributed by atoms with Gasteiger partial charge in [-0.15, -0.1) is 0 Å². The van der Waals surface area contributed by atoms with Gasteiger partial charge in [0.05, 0.1) is 5.69 Å². The lowest BCUT2D eigenvalue weighted by atomic mass is 9.94. The Hall–Kier alpha value is -4.46. The second-order valence-corrected chi connectivity index (χ2v) is 10.2. The van der Waals surface area contributed by atoms with Crippen molar-refractivity contribution < 1.29 is 9.53 Å². The van der Waals surface area contributed by atoms with E-state index < -0.39 is 5.97 Å². The van der Waals surface area contributed by atoms with Gasteiger partial charge in [0.15, 0.2) is 16.9 Å². The van der Waals surface area contributed by atoms with E-state index in [9.17, 15) is 9.59 Å². The molecule has 0 radical (unpaired) electrons. The van der Waals surface area contributed by atoms with Crippen molar-refractivity contribution in [1.82, 2.24) is 19.4 Å². The number of aromatic nitrogens is 4. The molecular weight excluding hydrogens is 466 g/mol. The van der Waals surface area contributed by atoms with Gasteiger partial charge in [-0.25, -0.2) is 9.97 Å². The molecule has 0 saturated carbocycles. The predicted molar refractivity (Wildman–Crippen MR) is 146 cm³/mol. The summed E-state index contributed by atoms with van der Waals surface area (Å²) >= 11 is 0. The van der Waals surface area contributed by atoms with Crippen LogP contribution in [0.4, 0.5) is 5.82 Å². The fourth-order valence-electron chi connectivity index (χ4n) is 4.45. The van der Waals surface area contributed by atoms with Gasteiger partial charge in [-0.3, -0.25) is 9.59 Å². The molecule has 0 bridgehead atoms. The number of hydrogen-bond donors (Lipinski definition) is 2. The smallest absolute Gasteiger partial charge is 0.302 e. The summed E-state index contributed by atoms with van der Waals surface area (Å²) in [7, 11) is 0. The summed E-state index contributed by atoms with van der Waals surface area (Å²) in [6, 6.07) is 11.4. The van der Waals surface area contributed by atoms with Crippen LogP contribution in [-0.4, -0.2) is 30.9 Å². The number of hydrogen-bond acceptors (Lipinski definition) is 6. The summed E-state index contributed by atoms with van der Waals surface area (Å²) in [5.74, 6) is 0.231. The highest BCUT2D eigenvalue weighted by molar-refractivity contribution is 5.86. The van der Waals surface area contributed by atoms with Crippen LogP contribution in [0.5, 0.6) is 0 Å². The number of rotatable bonds is 5. The van der Waals surface area contributed by atoms with Gasteiger partial charge < -0.3 is 19.4 Å². The normalized spacial score (nSPS) is 11.7. The molecule has 0 atom stereocenters. The molecule has 0 fully saturated rings. The van der Waals surface area contributed by atoms with Crippen LogP contribution in [0.25, 0.3) is 38.9 Å². The van der Waals surface area contributed by atoms with Crippen LogP contribution in [0.15, 0.2) is 66.0 Å². The Bertz CT molecular complexity index is 1710. The van der Waals surface area contributed by atoms with Crippen LogP contribution >= 0.6 is 0 Å². The largest absolute Gasteiger partial charge is 0.461 e. The molecule has 2 aromatic carbocycles. The number of carbonyl (C=O) groups excluding carboxylic acids is 1. The van der Waals surface area contributed by atoms with Crippen molar-refractivity contribution in [3.63, 3.8) is 0 Å². The lowest BCUT2D eigenvalue weighted by Crippen LogP contribution is -2.27. The lowest BCUT2D eigenvalue weighted by molar-refractivity contribution is -0.142. The highest BCUT2D eigenvalue weighted by Crippen LogP contribution is 2.33. The Balaban J connectivity index is 1.74. The number of aromatic amines is 1. The zero-order valence-corrected chi connectivity index (χ0v) is 21.5. The van der Waals surface area contributed by atoms with E-state index in [1.165, 1.54) is 6.92 Å². The van der Waals surface area contributed by atoms with Crippen LogP contribution in [0.3, 0.4) is 0 Å². The maximum atomic E-state index is 13.6. The average molecular weight is 496 g/mol.